The van der Waals surface area contributed by atoms with Gasteiger partial charge in [-0.25, -0.2) is 9.69 Å². The summed E-state index contributed by atoms with van der Waals surface area (Å²) in [6, 6.07) is 12.9. The third kappa shape index (κ3) is 3.03. The van der Waals surface area contributed by atoms with Crippen LogP contribution in [0, 0.1) is 35.5 Å². The second-order valence-electron chi connectivity index (χ2n) is 9.41. The number of carbonyl (C=O) groups excluding carboxylic acids is 4. The number of benzene rings is 2. The van der Waals surface area contributed by atoms with Crippen molar-refractivity contribution in [2.45, 2.75) is 6.42 Å². The van der Waals surface area contributed by atoms with Crippen LogP contribution in [0.4, 0.5) is 5.69 Å². The minimum Gasteiger partial charge on any atom is -0.497 e. The van der Waals surface area contributed by atoms with Crippen LogP contribution in [-0.2, 0) is 14.3 Å². The minimum atomic E-state index is -0.753. The molecule has 7 rings (SSSR count). The number of imide groups is 1. The molecule has 0 N–H and O–H groups in total. The van der Waals surface area contributed by atoms with E-state index in [9.17, 15) is 19.2 Å². The molecule has 1 saturated heterocycles. The number of methoxy groups -OCH3 is 1. The highest BCUT2D eigenvalue weighted by Crippen LogP contribution is 2.65. The second-order valence-corrected chi connectivity index (χ2v) is 9.41. The van der Waals surface area contributed by atoms with Crippen molar-refractivity contribution >= 4 is 29.3 Å². The van der Waals surface area contributed by atoms with Gasteiger partial charge in [-0.05, 0) is 66.5 Å². The van der Waals surface area contributed by atoms with Gasteiger partial charge in [0.25, 0.3) is 0 Å². The van der Waals surface area contributed by atoms with E-state index in [4.69, 9.17) is 9.47 Å². The molecule has 2 amide bonds. The first-order chi connectivity index (χ1) is 16.5. The lowest BCUT2D eigenvalue weighted by Gasteiger charge is -2.37. The highest BCUT2D eigenvalue weighted by Gasteiger charge is 2.67. The van der Waals surface area contributed by atoms with Gasteiger partial charge in [0.05, 0.1) is 30.2 Å². The molecular formula is C27H23NO6. The van der Waals surface area contributed by atoms with E-state index in [1.54, 1.807) is 42.5 Å². The average molecular weight is 457 g/mol. The first-order valence-corrected chi connectivity index (χ1v) is 11.5. The molecule has 2 saturated carbocycles. The van der Waals surface area contributed by atoms with Gasteiger partial charge >= 0.3 is 5.97 Å². The zero-order valence-electron chi connectivity index (χ0n) is 18.5. The van der Waals surface area contributed by atoms with Gasteiger partial charge in [0.15, 0.2) is 12.4 Å². The molecule has 7 nitrogen and oxygen atoms in total. The number of nitrogens with zero attached hydrogens (tertiary/aromatic N) is 1. The number of ether oxygens (including phenoxy) is 2. The number of ketones is 1. The number of hydrogen-bond donors (Lipinski definition) is 0. The van der Waals surface area contributed by atoms with Crippen LogP contribution in [-0.4, -0.2) is 37.3 Å². The van der Waals surface area contributed by atoms with Crippen LogP contribution in [0.1, 0.15) is 27.1 Å². The number of rotatable bonds is 6. The SMILES string of the molecule is COc1ccc(C(=O)COC(=O)c2ccccc2N2C(=O)[C@@H]3[C@@H]4C=C[C@H]([C@H]5C[C@H]45)[C@@H]3C2=O)cc1. The Balaban J connectivity index is 1.22. The van der Waals surface area contributed by atoms with Crippen LogP contribution in [0.25, 0.3) is 0 Å². The number of amides is 2. The lowest BCUT2D eigenvalue weighted by atomic mass is 9.63. The van der Waals surface area contributed by atoms with E-state index in [0.29, 0.717) is 23.1 Å². The van der Waals surface area contributed by atoms with E-state index in [1.807, 2.05) is 0 Å². The number of hydrogen-bond acceptors (Lipinski definition) is 6. The molecule has 3 fully saturated rings. The lowest BCUT2D eigenvalue weighted by Crippen LogP contribution is -2.40. The Labute approximate surface area is 196 Å². The van der Waals surface area contributed by atoms with E-state index in [-0.39, 0.29) is 52.5 Å². The minimum absolute atomic E-state index is 0.0934. The molecule has 0 unspecified atom stereocenters. The molecule has 1 heterocycles. The molecular weight excluding hydrogens is 434 g/mol. The van der Waals surface area contributed by atoms with Gasteiger partial charge in [-0.15, -0.1) is 0 Å². The number of anilines is 1. The Kier molecular flexibility index (Phi) is 4.69. The third-order valence-electron chi connectivity index (χ3n) is 7.77. The van der Waals surface area contributed by atoms with Gasteiger partial charge < -0.3 is 9.47 Å². The molecule has 34 heavy (non-hydrogen) atoms. The first-order valence-electron chi connectivity index (χ1n) is 11.5. The van der Waals surface area contributed by atoms with Crippen molar-refractivity contribution in [3.63, 3.8) is 0 Å². The number of para-hydroxylation sites is 1. The Morgan fingerprint density at radius 1 is 0.912 bits per heavy atom. The Hall–Kier alpha value is -3.74. The fraction of sp³-hybridized carbons (Fsp3) is 0.333. The van der Waals surface area contributed by atoms with Crippen molar-refractivity contribution in [2.24, 2.45) is 35.5 Å². The highest BCUT2D eigenvalue weighted by molar-refractivity contribution is 6.24. The highest BCUT2D eigenvalue weighted by atomic mass is 16.5. The van der Waals surface area contributed by atoms with Crippen LogP contribution in [0.3, 0.4) is 0 Å². The molecule has 172 valence electrons. The predicted molar refractivity (Wildman–Crippen MR) is 121 cm³/mol. The van der Waals surface area contributed by atoms with Gasteiger partial charge in [-0.1, -0.05) is 24.3 Å². The topological polar surface area (TPSA) is 90.0 Å². The fourth-order valence-electron chi connectivity index (χ4n) is 6.10. The quantitative estimate of drug-likeness (QED) is 0.286. The number of esters is 1. The first kappa shape index (κ1) is 20.8. The lowest BCUT2D eigenvalue weighted by molar-refractivity contribution is -0.124. The van der Waals surface area contributed by atoms with Crippen molar-refractivity contribution in [2.75, 3.05) is 18.6 Å². The molecule has 1 aliphatic heterocycles. The van der Waals surface area contributed by atoms with Crippen molar-refractivity contribution in [3.05, 3.63) is 71.8 Å². The number of carbonyl (C=O) groups is 4. The summed E-state index contributed by atoms with van der Waals surface area (Å²) in [5.41, 5.74) is 0.704. The summed E-state index contributed by atoms with van der Waals surface area (Å²) in [4.78, 5) is 53.4. The zero-order valence-corrected chi connectivity index (χ0v) is 18.5. The van der Waals surface area contributed by atoms with E-state index >= 15 is 0 Å². The van der Waals surface area contributed by atoms with Gasteiger partial charge in [0.1, 0.15) is 5.75 Å². The summed E-state index contributed by atoms with van der Waals surface area (Å²) < 4.78 is 10.4. The van der Waals surface area contributed by atoms with Crippen LogP contribution in [0.5, 0.6) is 5.75 Å². The van der Waals surface area contributed by atoms with E-state index in [2.05, 4.69) is 12.2 Å². The molecule has 0 aromatic heterocycles. The van der Waals surface area contributed by atoms with E-state index in [1.165, 1.54) is 18.1 Å². The summed E-state index contributed by atoms with van der Waals surface area (Å²) in [5.74, 6) is -0.502. The van der Waals surface area contributed by atoms with Crippen LogP contribution >= 0.6 is 0 Å². The smallest absolute Gasteiger partial charge is 0.340 e. The fourth-order valence-corrected chi connectivity index (χ4v) is 6.10. The summed E-state index contributed by atoms with van der Waals surface area (Å²) in [7, 11) is 1.53. The summed E-state index contributed by atoms with van der Waals surface area (Å²) in [6.45, 7) is -0.454. The molecule has 6 atom stereocenters. The van der Waals surface area contributed by atoms with Gasteiger partial charge in [0, 0.05) is 5.56 Å². The largest absolute Gasteiger partial charge is 0.497 e. The molecule has 7 heteroatoms. The third-order valence-corrected chi connectivity index (χ3v) is 7.77. The van der Waals surface area contributed by atoms with Crippen molar-refractivity contribution in [1.82, 2.24) is 0 Å². The number of Topliss-reactive ketones (excluding diaryl/α,β-unsaturated/α-hetero) is 1. The molecule has 0 spiro atoms. The monoisotopic (exact) mass is 457 g/mol. The zero-order chi connectivity index (χ0) is 23.6. The second kappa shape index (κ2) is 7.65. The standard InChI is InChI=1S/C27H23NO6/c1-33-15-8-6-14(7-9-15)22(29)13-34-27(32)18-4-2-3-5-21(18)28-25(30)23-16-10-11-17(20-12-19(16)20)24(23)26(28)31/h2-11,16-17,19-20,23-24H,12-13H2,1H3/t16-,17-,19-,20-,23-,24+/m1/s1. The van der Waals surface area contributed by atoms with Crippen molar-refractivity contribution < 1.29 is 28.7 Å². The normalized spacial score (nSPS) is 30.1. The van der Waals surface area contributed by atoms with Crippen LogP contribution in [0.2, 0.25) is 0 Å². The van der Waals surface area contributed by atoms with Crippen molar-refractivity contribution in [1.29, 1.82) is 0 Å². The Morgan fingerprint density at radius 3 is 2.15 bits per heavy atom. The summed E-state index contributed by atoms with van der Waals surface area (Å²) in [6.07, 6.45) is 5.31. The van der Waals surface area contributed by atoms with Gasteiger partial charge in [-0.2, -0.15) is 0 Å². The molecule has 2 aromatic carbocycles. The molecule has 5 aliphatic rings. The maximum atomic E-state index is 13.4. The van der Waals surface area contributed by atoms with Gasteiger partial charge in [0.2, 0.25) is 11.8 Å². The number of allylic oxidation sites excluding steroid dienone is 2. The van der Waals surface area contributed by atoms with E-state index < -0.39 is 12.6 Å². The Bertz CT molecular complexity index is 1210. The van der Waals surface area contributed by atoms with Crippen molar-refractivity contribution in [3.8, 4) is 5.75 Å². The van der Waals surface area contributed by atoms with Gasteiger partial charge in [-0.3, -0.25) is 14.4 Å². The van der Waals surface area contributed by atoms with E-state index in [0.717, 1.165) is 6.42 Å². The molecule has 4 aliphatic carbocycles. The molecule has 2 bridgehead atoms. The maximum Gasteiger partial charge on any atom is 0.340 e. The summed E-state index contributed by atoms with van der Waals surface area (Å²) in [5, 5.41) is 0. The molecule has 2 aromatic rings. The average Bonchev–Trinajstić information content (AvgIpc) is 3.65. The van der Waals surface area contributed by atoms with Crippen LogP contribution < -0.4 is 9.64 Å². The summed E-state index contributed by atoms with van der Waals surface area (Å²) >= 11 is 0. The maximum absolute atomic E-state index is 13.4. The Morgan fingerprint density at radius 2 is 1.53 bits per heavy atom. The molecule has 0 radical (unpaired) electrons. The predicted octanol–water partition coefficient (Wildman–Crippen LogP) is 3.29. The van der Waals surface area contributed by atoms with Crippen LogP contribution in [0.15, 0.2) is 60.7 Å².